The summed E-state index contributed by atoms with van der Waals surface area (Å²) in [7, 11) is 1.36. The molecule has 0 aromatic carbocycles. The van der Waals surface area contributed by atoms with E-state index in [0.717, 1.165) is 0 Å². The fraction of sp³-hybridized carbons (Fsp3) is 0.0769. The third-order valence-corrected chi connectivity index (χ3v) is 3.48. The van der Waals surface area contributed by atoms with E-state index >= 15 is 0 Å². The van der Waals surface area contributed by atoms with E-state index in [4.69, 9.17) is 13.6 Å². The van der Waals surface area contributed by atoms with E-state index in [1.165, 1.54) is 24.8 Å². The van der Waals surface area contributed by atoms with Gasteiger partial charge in [-0.1, -0.05) is 0 Å². The van der Waals surface area contributed by atoms with E-state index in [2.05, 4.69) is 4.98 Å². The molecular formula is C13H9NO4S. The quantitative estimate of drug-likeness (QED) is 0.685. The number of nitrogens with zero attached hydrogens (tertiary/aromatic N) is 1. The summed E-state index contributed by atoms with van der Waals surface area (Å²) in [5.41, 5.74) is 0.711. The van der Waals surface area contributed by atoms with Gasteiger partial charge in [0, 0.05) is 5.56 Å². The third-order valence-electron chi connectivity index (χ3n) is 2.58. The van der Waals surface area contributed by atoms with Crippen LogP contribution in [0.1, 0.15) is 9.67 Å². The first-order valence-corrected chi connectivity index (χ1v) is 6.32. The number of carbonyl (C=O) groups excluding carboxylic acids is 1. The van der Waals surface area contributed by atoms with Crippen LogP contribution < -0.4 is 0 Å². The Hall–Kier alpha value is -2.34. The second-order valence-electron chi connectivity index (χ2n) is 3.68. The van der Waals surface area contributed by atoms with Gasteiger partial charge in [0.1, 0.15) is 10.6 Å². The minimum atomic E-state index is -0.373. The number of esters is 1. The van der Waals surface area contributed by atoms with Crippen LogP contribution in [0.15, 0.2) is 45.0 Å². The standard InChI is InChI=1S/C13H9NO4S/c1-16-13(15)12-8(4-5-19-12)9-2-3-10(18-9)11-6-14-7-17-11/h2-7H,1H3. The summed E-state index contributed by atoms with van der Waals surface area (Å²) in [6.45, 7) is 0. The van der Waals surface area contributed by atoms with Gasteiger partial charge in [-0.25, -0.2) is 9.78 Å². The summed E-state index contributed by atoms with van der Waals surface area (Å²) in [4.78, 5) is 16.0. The highest BCUT2D eigenvalue weighted by Gasteiger charge is 2.18. The number of rotatable bonds is 3. The van der Waals surface area contributed by atoms with Crippen molar-refractivity contribution in [1.29, 1.82) is 0 Å². The maximum atomic E-state index is 11.6. The van der Waals surface area contributed by atoms with Gasteiger partial charge >= 0.3 is 5.97 Å². The number of thiophene rings is 1. The Labute approximate surface area is 112 Å². The summed E-state index contributed by atoms with van der Waals surface area (Å²) in [6, 6.07) is 5.38. The molecule has 0 bridgehead atoms. The van der Waals surface area contributed by atoms with E-state index in [0.29, 0.717) is 27.7 Å². The molecule has 0 saturated heterocycles. The van der Waals surface area contributed by atoms with E-state index in [-0.39, 0.29) is 5.97 Å². The second-order valence-corrected chi connectivity index (χ2v) is 4.60. The Kier molecular flexibility index (Phi) is 2.92. The summed E-state index contributed by atoms with van der Waals surface area (Å²) < 4.78 is 15.6. The summed E-state index contributed by atoms with van der Waals surface area (Å²) >= 11 is 1.31. The van der Waals surface area contributed by atoms with Gasteiger partial charge in [-0.15, -0.1) is 11.3 Å². The lowest BCUT2D eigenvalue weighted by molar-refractivity contribution is 0.0607. The predicted molar refractivity (Wildman–Crippen MR) is 68.9 cm³/mol. The van der Waals surface area contributed by atoms with Crippen molar-refractivity contribution in [3.63, 3.8) is 0 Å². The minimum Gasteiger partial charge on any atom is -0.465 e. The van der Waals surface area contributed by atoms with Gasteiger partial charge < -0.3 is 13.6 Å². The van der Waals surface area contributed by atoms with Crippen molar-refractivity contribution < 1.29 is 18.4 Å². The largest absolute Gasteiger partial charge is 0.465 e. The Morgan fingerprint density at radius 3 is 2.84 bits per heavy atom. The van der Waals surface area contributed by atoms with E-state index in [1.807, 2.05) is 11.4 Å². The highest BCUT2D eigenvalue weighted by Crippen LogP contribution is 2.33. The Morgan fingerprint density at radius 1 is 1.26 bits per heavy atom. The third kappa shape index (κ3) is 2.06. The molecule has 3 aromatic rings. The van der Waals surface area contributed by atoms with E-state index in [1.54, 1.807) is 18.3 Å². The monoisotopic (exact) mass is 275 g/mol. The normalized spacial score (nSPS) is 10.6. The van der Waals surface area contributed by atoms with Gasteiger partial charge in [0.25, 0.3) is 0 Å². The average molecular weight is 275 g/mol. The molecule has 5 nitrogen and oxygen atoms in total. The zero-order chi connectivity index (χ0) is 13.2. The average Bonchev–Trinajstić information content (AvgIpc) is 3.14. The molecule has 0 atom stereocenters. The van der Waals surface area contributed by atoms with Crippen molar-refractivity contribution in [1.82, 2.24) is 4.98 Å². The van der Waals surface area contributed by atoms with Crippen LogP contribution in [0.25, 0.3) is 22.8 Å². The second kappa shape index (κ2) is 4.74. The van der Waals surface area contributed by atoms with Crippen molar-refractivity contribution in [2.75, 3.05) is 7.11 Å². The van der Waals surface area contributed by atoms with Gasteiger partial charge in [0.15, 0.2) is 17.9 Å². The number of aromatic nitrogens is 1. The fourth-order valence-electron chi connectivity index (χ4n) is 1.71. The molecule has 0 fully saturated rings. The number of furan rings is 1. The lowest BCUT2D eigenvalue weighted by Gasteiger charge is -1.98. The number of hydrogen-bond acceptors (Lipinski definition) is 6. The van der Waals surface area contributed by atoms with Crippen molar-refractivity contribution in [3.05, 3.63) is 41.0 Å². The van der Waals surface area contributed by atoms with Crippen LogP contribution >= 0.6 is 11.3 Å². The maximum Gasteiger partial charge on any atom is 0.348 e. The first-order valence-electron chi connectivity index (χ1n) is 5.44. The summed E-state index contributed by atoms with van der Waals surface area (Å²) in [5, 5.41) is 1.82. The van der Waals surface area contributed by atoms with Crippen LogP contribution in [0.2, 0.25) is 0 Å². The van der Waals surface area contributed by atoms with Crippen molar-refractivity contribution in [2.45, 2.75) is 0 Å². The van der Waals surface area contributed by atoms with Gasteiger partial charge in [0.05, 0.1) is 13.3 Å². The lowest BCUT2D eigenvalue weighted by Crippen LogP contribution is -1.99. The summed E-state index contributed by atoms with van der Waals surface area (Å²) in [6.07, 6.45) is 2.90. The SMILES string of the molecule is COC(=O)c1sccc1-c1ccc(-c2cnco2)o1. The van der Waals surface area contributed by atoms with Crippen LogP contribution in [0.4, 0.5) is 0 Å². The smallest absolute Gasteiger partial charge is 0.348 e. The van der Waals surface area contributed by atoms with Gasteiger partial charge in [-0.2, -0.15) is 0 Å². The zero-order valence-electron chi connectivity index (χ0n) is 9.95. The number of oxazole rings is 1. The molecule has 0 spiro atoms. The highest BCUT2D eigenvalue weighted by molar-refractivity contribution is 7.12. The Bertz CT molecular complexity index is 696. The Balaban J connectivity index is 2.00. The lowest BCUT2D eigenvalue weighted by atomic mass is 10.2. The zero-order valence-corrected chi connectivity index (χ0v) is 10.8. The molecule has 0 saturated carbocycles. The van der Waals surface area contributed by atoms with Gasteiger partial charge in [-0.05, 0) is 23.6 Å². The highest BCUT2D eigenvalue weighted by atomic mass is 32.1. The van der Waals surface area contributed by atoms with Crippen LogP contribution in [0.5, 0.6) is 0 Å². The molecule has 0 aliphatic rings. The van der Waals surface area contributed by atoms with E-state index in [9.17, 15) is 4.79 Å². The van der Waals surface area contributed by atoms with Crippen LogP contribution in [-0.4, -0.2) is 18.1 Å². The van der Waals surface area contributed by atoms with Crippen LogP contribution in [0.3, 0.4) is 0 Å². The molecule has 3 rings (SSSR count). The number of methoxy groups -OCH3 is 1. The number of hydrogen-bond donors (Lipinski definition) is 0. The summed E-state index contributed by atoms with van der Waals surface area (Å²) in [5.74, 6) is 1.33. The first-order chi connectivity index (χ1) is 9.29. The molecule has 3 aromatic heterocycles. The molecule has 19 heavy (non-hydrogen) atoms. The molecule has 0 radical (unpaired) electrons. The molecule has 6 heteroatoms. The van der Waals surface area contributed by atoms with Gasteiger partial charge in [0.2, 0.25) is 0 Å². The van der Waals surface area contributed by atoms with Crippen LogP contribution in [-0.2, 0) is 4.74 Å². The number of carbonyl (C=O) groups is 1. The topological polar surface area (TPSA) is 65.5 Å². The maximum absolute atomic E-state index is 11.6. The minimum absolute atomic E-state index is 0.373. The van der Waals surface area contributed by atoms with Crippen molar-refractivity contribution in [2.24, 2.45) is 0 Å². The van der Waals surface area contributed by atoms with Crippen LogP contribution in [0, 0.1) is 0 Å². The van der Waals surface area contributed by atoms with Gasteiger partial charge in [-0.3, -0.25) is 0 Å². The first kappa shape index (κ1) is 11.7. The molecule has 0 amide bonds. The molecule has 0 N–H and O–H groups in total. The molecular weight excluding hydrogens is 266 g/mol. The molecule has 0 aliphatic heterocycles. The molecule has 0 unspecified atom stereocenters. The van der Waals surface area contributed by atoms with Crippen molar-refractivity contribution >= 4 is 17.3 Å². The molecule has 96 valence electrons. The van der Waals surface area contributed by atoms with E-state index < -0.39 is 0 Å². The Morgan fingerprint density at radius 2 is 2.11 bits per heavy atom. The molecule has 3 heterocycles. The van der Waals surface area contributed by atoms with Crippen molar-refractivity contribution in [3.8, 4) is 22.8 Å². The fourth-order valence-corrected chi connectivity index (χ4v) is 2.52. The predicted octanol–water partition coefficient (Wildman–Crippen LogP) is 3.45. The molecule has 0 aliphatic carbocycles. The number of ether oxygens (including phenoxy) is 1.